The molecule has 0 radical (unpaired) electrons. The minimum Gasteiger partial charge on any atom is -0.350 e. The van der Waals surface area contributed by atoms with Gasteiger partial charge >= 0.3 is 0 Å². The van der Waals surface area contributed by atoms with Crippen molar-refractivity contribution in [2.45, 2.75) is 0 Å². The number of aromatic nitrogens is 4. The first-order valence-electron chi connectivity index (χ1n) is 10.1. The molecule has 2 aromatic carbocycles. The Balaban J connectivity index is 1.72. The van der Waals surface area contributed by atoms with Crippen LogP contribution in [0.25, 0.3) is 27.6 Å². The Morgan fingerprint density at radius 2 is 1.21 bits per heavy atom. The number of nitrogens with one attached hydrogen (secondary N) is 2. The van der Waals surface area contributed by atoms with Crippen LogP contribution in [-0.4, -0.2) is 19.9 Å². The van der Waals surface area contributed by atoms with Gasteiger partial charge in [0, 0.05) is 33.9 Å². The second-order valence-electron chi connectivity index (χ2n) is 7.60. The van der Waals surface area contributed by atoms with Gasteiger partial charge in [0.2, 0.25) is 0 Å². The number of fused-ring (bicyclic) bond motifs is 7. The Kier molecular flexibility index (Phi) is 4.45. The largest absolute Gasteiger partial charge is 0.350 e. The van der Waals surface area contributed by atoms with Crippen LogP contribution < -0.4 is 10.6 Å². The number of allylic oxidation sites excluding steroid dienone is 2. The molecule has 0 saturated carbocycles. The SMILES string of the molecule is N#CC1C(I)=C2Nc3c(c4nccnc4c4nccnc34)NC2=C(c2ccccc2)C1C#N. The molecular weight excluding hydrogens is 527 g/mol. The number of nitrogens with zero attached hydrogens (tertiary/aromatic N) is 6. The molecule has 3 heterocycles. The van der Waals surface area contributed by atoms with E-state index in [4.69, 9.17) is 0 Å². The van der Waals surface area contributed by atoms with Crippen molar-refractivity contribution < 1.29 is 0 Å². The molecule has 156 valence electrons. The summed E-state index contributed by atoms with van der Waals surface area (Å²) in [6, 6.07) is 14.4. The van der Waals surface area contributed by atoms with E-state index in [1.54, 1.807) is 24.8 Å². The number of hydrogen-bond acceptors (Lipinski definition) is 8. The number of hydrogen-bond donors (Lipinski definition) is 2. The van der Waals surface area contributed by atoms with Crippen molar-refractivity contribution >= 4 is 61.6 Å². The second kappa shape index (κ2) is 7.50. The first-order chi connectivity index (χ1) is 16.2. The van der Waals surface area contributed by atoms with Crippen LogP contribution in [-0.2, 0) is 0 Å². The number of rotatable bonds is 1. The third kappa shape index (κ3) is 2.79. The average Bonchev–Trinajstić information content (AvgIpc) is 2.88. The number of anilines is 2. The molecule has 33 heavy (non-hydrogen) atoms. The van der Waals surface area contributed by atoms with Crippen molar-refractivity contribution in [2.24, 2.45) is 11.8 Å². The summed E-state index contributed by atoms with van der Waals surface area (Å²) in [5, 5.41) is 27.1. The van der Waals surface area contributed by atoms with Crippen molar-refractivity contribution in [2.75, 3.05) is 10.6 Å². The van der Waals surface area contributed by atoms with Crippen LogP contribution in [0.1, 0.15) is 5.56 Å². The van der Waals surface area contributed by atoms with Crippen LogP contribution >= 0.6 is 22.6 Å². The van der Waals surface area contributed by atoms with E-state index in [1.807, 2.05) is 30.3 Å². The maximum atomic E-state index is 10.1. The second-order valence-corrected chi connectivity index (χ2v) is 8.76. The molecule has 1 aliphatic heterocycles. The average molecular weight is 540 g/mol. The molecule has 9 heteroatoms. The van der Waals surface area contributed by atoms with Crippen LogP contribution in [0.2, 0.25) is 0 Å². The minimum absolute atomic E-state index is 0.599. The van der Waals surface area contributed by atoms with E-state index in [9.17, 15) is 10.5 Å². The Bertz CT molecular complexity index is 1610. The van der Waals surface area contributed by atoms with Gasteiger partial charge in [-0.05, 0) is 28.2 Å². The molecule has 2 N–H and O–H groups in total. The van der Waals surface area contributed by atoms with E-state index >= 15 is 0 Å². The highest BCUT2D eigenvalue weighted by Crippen LogP contribution is 2.50. The molecule has 2 atom stereocenters. The van der Waals surface area contributed by atoms with Crippen molar-refractivity contribution in [3.8, 4) is 12.1 Å². The molecule has 0 spiro atoms. The zero-order valence-electron chi connectivity index (χ0n) is 16.9. The van der Waals surface area contributed by atoms with E-state index in [0.29, 0.717) is 22.1 Å². The van der Waals surface area contributed by atoms with Gasteiger partial charge in [-0.1, -0.05) is 30.3 Å². The maximum Gasteiger partial charge on any atom is 0.119 e. The van der Waals surface area contributed by atoms with Crippen LogP contribution in [0.15, 0.2) is 70.1 Å². The molecule has 2 aliphatic rings. The molecule has 0 fully saturated rings. The van der Waals surface area contributed by atoms with Gasteiger partial charge in [-0.25, -0.2) is 0 Å². The first-order valence-corrected chi connectivity index (χ1v) is 11.2. The molecule has 0 saturated heterocycles. The summed E-state index contributed by atoms with van der Waals surface area (Å²) in [5.74, 6) is -1.23. The van der Waals surface area contributed by atoms with Crippen LogP contribution in [0, 0.1) is 34.5 Å². The highest BCUT2D eigenvalue weighted by Gasteiger charge is 2.40. The van der Waals surface area contributed by atoms with Crippen LogP contribution in [0.4, 0.5) is 11.4 Å². The van der Waals surface area contributed by atoms with Gasteiger partial charge in [-0.2, -0.15) is 10.5 Å². The van der Waals surface area contributed by atoms with E-state index in [0.717, 1.165) is 37.5 Å². The molecule has 6 rings (SSSR count). The van der Waals surface area contributed by atoms with E-state index in [1.165, 1.54) is 0 Å². The zero-order valence-corrected chi connectivity index (χ0v) is 19.1. The zero-order chi connectivity index (χ0) is 22.5. The lowest BCUT2D eigenvalue weighted by Gasteiger charge is -2.36. The van der Waals surface area contributed by atoms with Crippen molar-refractivity contribution in [3.05, 3.63) is 75.7 Å². The van der Waals surface area contributed by atoms with Gasteiger partial charge in [0.25, 0.3) is 0 Å². The van der Waals surface area contributed by atoms with Crippen LogP contribution in [0.5, 0.6) is 0 Å². The maximum absolute atomic E-state index is 10.1. The summed E-state index contributed by atoms with van der Waals surface area (Å²) in [6.45, 7) is 0. The van der Waals surface area contributed by atoms with Gasteiger partial charge in [0.15, 0.2) is 0 Å². The third-order valence-corrected chi connectivity index (χ3v) is 7.09. The predicted molar refractivity (Wildman–Crippen MR) is 132 cm³/mol. The fourth-order valence-corrected chi connectivity index (χ4v) is 5.36. The van der Waals surface area contributed by atoms with Crippen molar-refractivity contribution in [3.63, 3.8) is 0 Å². The predicted octanol–water partition coefficient (Wildman–Crippen LogP) is 4.76. The summed E-state index contributed by atoms with van der Waals surface area (Å²) < 4.78 is 0.769. The minimum atomic E-state index is -0.628. The Morgan fingerprint density at radius 1 is 0.697 bits per heavy atom. The molecule has 8 nitrogen and oxygen atoms in total. The normalized spacial score (nSPS) is 19.2. The lowest BCUT2D eigenvalue weighted by Crippen LogP contribution is -2.30. The first kappa shape index (κ1) is 19.6. The highest BCUT2D eigenvalue weighted by molar-refractivity contribution is 14.1. The lowest BCUT2D eigenvalue weighted by atomic mass is 9.77. The summed E-state index contributed by atoms with van der Waals surface area (Å²) >= 11 is 2.17. The summed E-state index contributed by atoms with van der Waals surface area (Å²) in [4.78, 5) is 18.2. The Hall–Kier alpha value is -4.09. The molecule has 1 aliphatic carbocycles. The quantitative estimate of drug-likeness (QED) is 0.262. The Morgan fingerprint density at radius 3 is 1.76 bits per heavy atom. The molecule has 0 bridgehead atoms. The number of nitriles is 2. The molecule has 2 aromatic heterocycles. The summed E-state index contributed by atoms with van der Waals surface area (Å²) in [7, 11) is 0. The molecule has 0 amide bonds. The van der Waals surface area contributed by atoms with Gasteiger partial charge in [0.1, 0.15) is 22.1 Å². The fourth-order valence-electron chi connectivity index (χ4n) is 4.46. The van der Waals surface area contributed by atoms with Crippen molar-refractivity contribution in [1.82, 2.24) is 19.9 Å². The number of halogens is 1. The standard InChI is InChI=1S/C24H13IN8/c25-16-14(11-27)13(10-26)15(12-4-2-1-3-5-12)17-18(16)33-24-22-20(29-7-9-31-22)19-21(23(24)32-17)30-8-6-28-19/h1-9,13-14,32-33H. The smallest absolute Gasteiger partial charge is 0.119 e. The van der Waals surface area contributed by atoms with Gasteiger partial charge < -0.3 is 10.6 Å². The fraction of sp³-hybridized carbons (Fsp3) is 0.0833. The molecular formula is C24H13IN8. The van der Waals surface area contributed by atoms with Crippen LogP contribution in [0.3, 0.4) is 0 Å². The van der Waals surface area contributed by atoms with E-state index < -0.39 is 11.8 Å². The Labute approximate surface area is 201 Å². The van der Waals surface area contributed by atoms with Gasteiger partial charge in [-0.15, -0.1) is 0 Å². The van der Waals surface area contributed by atoms with Gasteiger partial charge in [0.05, 0.1) is 46.7 Å². The van der Waals surface area contributed by atoms with Crippen molar-refractivity contribution in [1.29, 1.82) is 10.5 Å². The lowest BCUT2D eigenvalue weighted by molar-refractivity contribution is 0.694. The summed E-state index contributed by atoms with van der Waals surface area (Å²) in [5.41, 5.74) is 7.19. The topological polar surface area (TPSA) is 123 Å². The highest BCUT2D eigenvalue weighted by atomic mass is 127. The molecule has 2 unspecified atom stereocenters. The monoisotopic (exact) mass is 540 g/mol. The van der Waals surface area contributed by atoms with E-state index in [2.05, 4.69) is 65.3 Å². The summed E-state index contributed by atoms with van der Waals surface area (Å²) in [6.07, 6.45) is 6.53. The van der Waals surface area contributed by atoms with Gasteiger partial charge in [-0.3, -0.25) is 19.9 Å². The third-order valence-electron chi connectivity index (χ3n) is 5.88. The molecule has 4 aromatic rings. The number of benzene rings is 2. The van der Waals surface area contributed by atoms with E-state index in [-0.39, 0.29) is 0 Å².